The number of aromatic nitrogens is 1. The molecule has 15 nitrogen and oxygen atoms in total. The van der Waals surface area contributed by atoms with Gasteiger partial charge < -0.3 is 34.5 Å². The molecule has 4 amide bonds. The lowest BCUT2D eigenvalue weighted by molar-refractivity contribution is -0.141. The smallest absolute Gasteiger partial charge is 0.407 e. The number of unbranched alkanes of at least 4 members (excludes halogenated alkanes) is 1. The largest absolute Gasteiger partial charge is 0.496 e. The number of methoxy groups -OCH3 is 1. The number of nitrogens with one attached hydrogen (secondary N) is 3. The van der Waals surface area contributed by atoms with Crippen LogP contribution in [0.15, 0.2) is 30.9 Å². The predicted molar refractivity (Wildman–Crippen MR) is 208 cm³/mol. The summed E-state index contributed by atoms with van der Waals surface area (Å²) >= 11 is 0. The second-order valence-corrected chi connectivity index (χ2v) is 18.1. The number of cyclic esters (lactones) is 1. The summed E-state index contributed by atoms with van der Waals surface area (Å²) in [4.78, 5) is 61.8. The number of fused-ring (bicyclic) bond motifs is 3. The maximum Gasteiger partial charge on any atom is 0.407 e. The molecule has 3 N–H and O–H groups in total. The highest BCUT2D eigenvalue weighted by Gasteiger charge is 2.62. The lowest BCUT2D eigenvalue weighted by Gasteiger charge is -2.30. The Labute approximate surface area is 328 Å². The molecule has 16 heteroatoms. The maximum absolute atomic E-state index is 14.5. The zero-order valence-electron chi connectivity index (χ0n) is 33.0. The zero-order valence-corrected chi connectivity index (χ0v) is 33.8. The Bertz CT molecular complexity index is 1970. The topological polar surface area (TPSA) is 192 Å². The van der Waals surface area contributed by atoms with E-state index in [1.54, 1.807) is 13.2 Å². The van der Waals surface area contributed by atoms with Crippen molar-refractivity contribution in [3.63, 3.8) is 0 Å². The minimum absolute atomic E-state index is 0.0275. The first-order chi connectivity index (χ1) is 26.6. The number of sulfonamides is 1. The van der Waals surface area contributed by atoms with Crippen LogP contribution in [0.25, 0.3) is 10.9 Å². The normalized spacial score (nSPS) is 26.6. The molecule has 3 heterocycles. The average Bonchev–Trinajstić information content (AvgIpc) is 4.08. The summed E-state index contributed by atoms with van der Waals surface area (Å²) in [6.07, 6.45) is 4.97. The van der Waals surface area contributed by atoms with E-state index in [9.17, 15) is 27.6 Å². The molecule has 6 rings (SSSR count). The van der Waals surface area contributed by atoms with Gasteiger partial charge in [-0.3, -0.25) is 19.1 Å². The molecule has 1 saturated heterocycles. The number of pyridine rings is 1. The molecule has 56 heavy (non-hydrogen) atoms. The van der Waals surface area contributed by atoms with Crippen LogP contribution in [0.4, 0.5) is 4.79 Å². The lowest BCUT2D eigenvalue weighted by Crippen LogP contribution is -2.58. The Morgan fingerprint density at radius 2 is 1.95 bits per heavy atom. The first-order valence-corrected chi connectivity index (χ1v) is 21.2. The molecule has 5 atom stereocenters. The Morgan fingerprint density at radius 3 is 2.61 bits per heavy atom. The molecule has 1 aromatic heterocycles. The van der Waals surface area contributed by atoms with Crippen molar-refractivity contribution < 1.29 is 46.5 Å². The highest BCUT2D eigenvalue weighted by Crippen LogP contribution is 2.46. The van der Waals surface area contributed by atoms with Crippen LogP contribution in [-0.4, -0.2) is 98.0 Å². The van der Waals surface area contributed by atoms with Crippen LogP contribution < -0.4 is 29.6 Å². The first kappa shape index (κ1) is 41.0. The highest BCUT2D eigenvalue weighted by atomic mass is 32.2. The van der Waals surface area contributed by atoms with Crippen molar-refractivity contribution in [1.29, 1.82) is 0 Å². The van der Waals surface area contributed by atoms with E-state index in [1.165, 1.54) is 11.0 Å². The van der Waals surface area contributed by atoms with Crippen molar-refractivity contribution in [2.45, 2.75) is 121 Å². The van der Waals surface area contributed by atoms with Crippen molar-refractivity contribution >= 4 is 44.7 Å². The van der Waals surface area contributed by atoms with Gasteiger partial charge in [0.15, 0.2) is 0 Å². The number of carbonyl (C=O) groups is 4. The number of carbonyl (C=O) groups excluding carboxylic acids is 4. The molecule has 0 unspecified atom stereocenters. The number of amides is 4. The van der Waals surface area contributed by atoms with E-state index in [1.807, 2.05) is 39.8 Å². The van der Waals surface area contributed by atoms with Crippen molar-refractivity contribution in [3.05, 3.63) is 36.4 Å². The summed E-state index contributed by atoms with van der Waals surface area (Å²) in [5.41, 5.74) is -0.426. The SMILES string of the molecule is C=C[C@H]1C[C@@]1(NC(=O)[C@@H]1C[C@@H]2CN1C(=O)[C@H](CCCC)NC(=O)OCC(C)(C)CCCc1cc3c(cc(OCC)nc3cc1OC)O2)C(=O)NS(=O)(=O)C1CC1. The van der Waals surface area contributed by atoms with Gasteiger partial charge in [0, 0.05) is 29.9 Å². The third-order valence-corrected chi connectivity index (χ3v) is 13.0. The summed E-state index contributed by atoms with van der Waals surface area (Å²) in [5, 5.41) is 5.65. The van der Waals surface area contributed by atoms with Crippen molar-refractivity contribution in [2.24, 2.45) is 11.3 Å². The van der Waals surface area contributed by atoms with Crippen LogP contribution >= 0.6 is 0 Å². The maximum atomic E-state index is 14.5. The van der Waals surface area contributed by atoms with Crippen LogP contribution in [0.1, 0.15) is 91.0 Å². The van der Waals surface area contributed by atoms with Gasteiger partial charge in [-0.1, -0.05) is 39.7 Å². The second-order valence-electron chi connectivity index (χ2n) is 16.2. The summed E-state index contributed by atoms with van der Waals surface area (Å²) in [5.74, 6) is -1.09. The number of benzene rings is 1. The van der Waals surface area contributed by atoms with Gasteiger partial charge in [-0.2, -0.15) is 0 Å². The molecular formula is C40H55N5O10S. The van der Waals surface area contributed by atoms with Crippen LogP contribution in [0.3, 0.4) is 0 Å². The van der Waals surface area contributed by atoms with E-state index in [0.717, 1.165) is 24.8 Å². The van der Waals surface area contributed by atoms with Crippen molar-refractivity contribution in [1.82, 2.24) is 25.2 Å². The Hall–Kier alpha value is -4.60. The average molecular weight is 798 g/mol. The van der Waals surface area contributed by atoms with Gasteiger partial charge in [0.25, 0.3) is 5.91 Å². The molecule has 2 aliphatic carbocycles. The Morgan fingerprint density at radius 1 is 1.18 bits per heavy atom. The van der Waals surface area contributed by atoms with E-state index in [2.05, 4.69) is 21.9 Å². The number of hydrogen-bond acceptors (Lipinski definition) is 11. The van der Waals surface area contributed by atoms with Crippen molar-refractivity contribution in [2.75, 3.05) is 26.9 Å². The van der Waals surface area contributed by atoms with Crippen LogP contribution in [0.2, 0.25) is 0 Å². The number of hydrogen-bond donors (Lipinski definition) is 3. The van der Waals surface area contributed by atoms with Gasteiger partial charge in [0.1, 0.15) is 35.2 Å². The van der Waals surface area contributed by atoms with E-state index >= 15 is 0 Å². The summed E-state index contributed by atoms with van der Waals surface area (Å²) in [7, 11) is -2.30. The van der Waals surface area contributed by atoms with E-state index in [4.69, 9.17) is 23.9 Å². The highest BCUT2D eigenvalue weighted by molar-refractivity contribution is 7.91. The van der Waals surface area contributed by atoms with Crippen LogP contribution in [0, 0.1) is 11.3 Å². The minimum Gasteiger partial charge on any atom is -0.496 e. The quantitative estimate of drug-likeness (QED) is 0.260. The third-order valence-electron chi connectivity index (χ3n) is 11.2. The molecule has 4 aliphatic rings. The van der Waals surface area contributed by atoms with Crippen molar-refractivity contribution in [3.8, 4) is 17.4 Å². The minimum atomic E-state index is -3.91. The Kier molecular flexibility index (Phi) is 12.1. The number of aryl methyl sites for hydroxylation is 1. The number of nitrogens with zero attached hydrogens (tertiary/aromatic N) is 2. The number of rotatable bonds is 12. The summed E-state index contributed by atoms with van der Waals surface area (Å²) in [6, 6.07) is 3.37. The summed E-state index contributed by atoms with van der Waals surface area (Å²) in [6.45, 7) is 12.1. The standard InChI is InChI=1S/C40H55N5O10S/c1-7-10-13-29-36(47)45-22-26(18-31(45)35(46)43-40(21-25(40)8-2)37(48)44-56(50,51)27-14-15-27)55-33-20-34(53-9-3)41-30-19-32(52-6)24(17-28(30)33)12-11-16-39(4,5)23-54-38(49)42-29/h8,17,19-20,25-27,29,31H,2,7,9-16,18,21-23H2,1,3-6H3,(H,42,49)(H,43,46)(H,44,48)/t25-,26+,29-,31-,40-/m0/s1. The molecular weight excluding hydrogens is 743 g/mol. The van der Waals surface area contributed by atoms with Crippen LogP contribution in [-0.2, 0) is 35.6 Å². The van der Waals surface area contributed by atoms with Gasteiger partial charge in [-0.15, -0.1) is 6.58 Å². The fraction of sp³-hybridized carbons (Fsp3) is 0.625. The molecule has 2 saturated carbocycles. The molecule has 0 radical (unpaired) electrons. The summed E-state index contributed by atoms with van der Waals surface area (Å²) < 4.78 is 51.7. The van der Waals surface area contributed by atoms with Gasteiger partial charge in [-0.05, 0) is 68.9 Å². The fourth-order valence-corrected chi connectivity index (χ4v) is 9.03. The molecule has 1 aromatic carbocycles. The predicted octanol–water partition coefficient (Wildman–Crippen LogP) is 4.31. The van der Waals surface area contributed by atoms with Gasteiger partial charge >= 0.3 is 6.09 Å². The molecule has 2 aliphatic heterocycles. The van der Waals surface area contributed by atoms with Crippen LogP contribution in [0.5, 0.6) is 17.4 Å². The zero-order chi connectivity index (χ0) is 40.4. The Balaban J connectivity index is 1.38. The first-order valence-electron chi connectivity index (χ1n) is 19.7. The molecule has 3 fully saturated rings. The van der Waals surface area contributed by atoms with E-state index in [0.29, 0.717) is 67.0 Å². The number of ether oxygens (including phenoxy) is 4. The van der Waals surface area contributed by atoms with Gasteiger partial charge in [0.05, 0.1) is 37.6 Å². The lowest BCUT2D eigenvalue weighted by atomic mass is 9.87. The third kappa shape index (κ3) is 9.00. The van der Waals surface area contributed by atoms with E-state index in [-0.39, 0.29) is 31.4 Å². The van der Waals surface area contributed by atoms with Gasteiger partial charge in [0.2, 0.25) is 27.7 Å². The monoisotopic (exact) mass is 797 g/mol. The number of alkyl carbamates (subject to hydrolysis) is 1. The molecule has 0 spiro atoms. The van der Waals surface area contributed by atoms with Gasteiger partial charge in [-0.25, -0.2) is 18.2 Å². The molecule has 4 bridgehead atoms. The van der Waals surface area contributed by atoms with E-state index < -0.39 is 68.7 Å². The molecule has 306 valence electrons. The second kappa shape index (κ2) is 16.5. The molecule has 2 aromatic rings. The fourth-order valence-electron chi connectivity index (χ4n) is 7.66.